The minimum atomic E-state index is -3.58. The first-order valence-electron chi connectivity index (χ1n) is 21.6. The van der Waals surface area contributed by atoms with Crippen LogP contribution in [0, 0.1) is 0 Å². The second-order valence-corrected chi connectivity index (χ2v) is 18.8. The van der Waals surface area contributed by atoms with E-state index in [1.807, 2.05) is 12.1 Å². The molecule has 16 nitrogen and oxygen atoms in total. The van der Waals surface area contributed by atoms with E-state index >= 15 is 0 Å². The maximum Gasteiger partial charge on any atom is 0.249 e. The number of nitrogens with zero attached hydrogens (tertiary/aromatic N) is 6. The zero-order valence-electron chi connectivity index (χ0n) is 36.7. The molecule has 0 spiro atoms. The molecule has 1 unspecified atom stereocenters. The minimum Gasteiger partial charge on any atom is -0.497 e. The standard InChI is InChI=1S/C45H59ClN10O6S/c1-6-31-26-38(50-45-47-29-35(46)43(52-45)49-36-14-13-34(61-3)27-40(36)53(2)63(5,59)60)41(62-4)28-39(31)56-20-17-33(18-21-56)55-24-22-54(23-25-55)19-7-8-30-9-11-32(12-10-30)48-37-15-16-42(57)51-44(37)58/h9-14,26-29,33,37,48H,6-8,15-25H2,1-5H3,(H,51,57,58)(H2,47,49,50,52). The first kappa shape index (κ1) is 45.7. The first-order chi connectivity index (χ1) is 30.3. The SMILES string of the molecule is CCc1cc(Nc2ncc(Cl)c(Nc3ccc(OC)cc3N(C)S(C)(=O)=O)n2)c(OC)cc1N1CCC(N2CCN(CCCc3ccc(NC4CCC(=O)NC4=O)cc3)CC2)CC1. The lowest BCUT2D eigenvalue weighted by atomic mass is 9.99. The van der Waals surface area contributed by atoms with Gasteiger partial charge in [0.1, 0.15) is 22.6 Å². The Labute approximate surface area is 375 Å². The Kier molecular flexibility index (Phi) is 14.8. The predicted octanol–water partition coefficient (Wildman–Crippen LogP) is 6.03. The number of amides is 2. The fourth-order valence-corrected chi connectivity index (χ4v) is 9.18. The number of piperidine rings is 2. The Balaban J connectivity index is 0.901. The number of methoxy groups -OCH3 is 2. The van der Waals surface area contributed by atoms with Crippen LogP contribution < -0.4 is 39.9 Å². The van der Waals surface area contributed by atoms with E-state index in [0.29, 0.717) is 47.6 Å². The third-order valence-electron chi connectivity index (χ3n) is 12.3. The fraction of sp³-hybridized carbons (Fsp3) is 0.467. The van der Waals surface area contributed by atoms with Gasteiger partial charge in [-0.1, -0.05) is 30.7 Å². The molecule has 3 aliphatic heterocycles. The Hall–Kier alpha value is -5.36. The fourth-order valence-electron chi connectivity index (χ4n) is 8.54. The number of piperazine rings is 1. The molecular formula is C45H59ClN10O6S. The number of hydrogen-bond donors (Lipinski definition) is 4. The summed E-state index contributed by atoms with van der Waals surface area (Å²) in [7, 11) is 1.06. The van der Waals surface area contributed by atoms with Crippen LogP contribution in [0.5, 0.6) is 11.5 Å². The van der Waals surface area contributed by atoms with Gasteiger partial charge in [0.2, 0.25) is 27.8 Å². The molecule has 0 aliphatic carbocycles. The summed E-state index contributed by atoms with van der Waals surface area (Å²) in [6.07, 6.45) is 8.63. The highest BCUT2D eigenvalue weighted by atomic mass is 35.5. The van der Waals surface area contributed by atoms with Crippen molar-refractivity contribution in [2.75, 3.05) is 98.5 Å². The van der Waals surface area contributed by atoms with Crippen LogP contribution >= 0.6 is 11.6 Å². The van der Waals surface area contributed by atoms with Gasteiger partial charge in [-0.05, 0) is 86.5 Å². The summed E-state index contributed by atoms with van der Waals surface area (Å²) in [5.74, 6) is 1.28. The number of imide groups is 1. The molecule has 4 aromatic rings. The van der Waals surface area contributed by atoms with E-state index in [0.717, 1.165) is 99.9 Å². The molecule has 338 valence electrons. The van der Waals surface area contributed by atoms with Gasteiger partial charge in [0.15, 0.2) is 5.82 Å². The molecule has 3 aliphatic rings. The summed E-state index contributed by atoms with van der Waals surface area (Å²) in [5.41, 5.74) is 6.09. The van der Waals surface area contributed by atoms with Gasteiger partial charge in [-0.3, -0.25) is 24.1 Å². The molecule has 2 amide bonds. The lowest BCUT2D eigenvalue weighted by Crippen LogP contribution is -2.53. The van der Waals surface area contributed by atoms with E-state index in [-0.39, 0.29) is 28.8 Å². The van der Waals surface area contributed by atoms with Crippen LogP contribution in [0.4, 0.5) is 40.2 Å². The lowest BCUT2D eigenvalue weighted by molar-refractivity contribution is -0.133. The Morgan fingerprint density at radius 1 is 0.921 bits per heavy atom. The van der Waals surface area contributed by atoms with Crippen molar-refractivity contribution in [1.82, 2.24) is 25.1 Å². The molecule has 4 N–H and O–H groups in total. The monoisotopic (exact) mass is 902 g/mol. The predicted molar refractivity (Wildman–Crippen MR) is 250 cm³/mol. The van der Waals surface area contributed by atoms with Crippen LogP contribution in [0.1, 0.15) is 50.2 Å². The molecular weight excluding hydrogens is 844 g/mol. The maximum absolute atomic E-state index is 12.5. The highest BCUT2D eigenvalue weighted by Crippen LogP contribution is 2.38. The maximum atomic E-state index is 12.5. The average molecular weight is 904 g/mol. The smallest absolute Gasteiger partial charge is 0.249 e. The Morgan fingerprint density at radius 2 is 1.67 bits per heavy atom. The molecule has 0 bridgehead atoms. The number of rotatable bonds is 17. The molecule has 63 heavy (non-hydrogen) atoms. The van der Waals surface area contributed by atoms with E-state index in [9.17, 15) is 18.0 Å². The summed E-state index contributed by atoms with van der Waals surface area (Å²) in [6, 6.07) is 17.8. The van der Waals surface area contributed by atoms with Gasteiger partial charge in [0.05, 0.1) is 43.7 Å². The second-order valence-electron chi connectivity index (χ2n) is 16.3. The number of aromatic nitrogens is 2. The van der Waals surface area contributed by atoms with Crippen LogP contribution in [-0.4, -0.2) is 125 Å². The quantitative estimate of drug-likeness (QED) is 0.0906. The van der Waals surface area contributed by atoms with Crippen molar-refractivity contribution in [3.8, 4) is 11.5 Å². The summed E-state index contributed by atoms with van der Waals surface area (Å²) in [5, 5.41) is 12.4. The number of sulfonamides is 1. The molecule has 0 saturated carbocycles. The Bertz CT molecular complexity index is 2360. The van der Waals surface area contributed by atoms with Crippen molar-refractivity contribution in [3.63, 3.8) is 0 Å². The lowest BCUT2D eigenvalue weighted by Gasteiger charge is -2.43. The average Bonchev–Trinajstić information content (AvgIpc) is 3.28. The van der Waals surface area contributed by atoms with E-state index in [1.54, 1.807) is 25.3 Å². The minimum absolute atomic E-state index is 0.205. The highest BCUT2D eigenvalue weighted by molar-refractivity contribution is 7.92. The molecule has 18 heteroatoms. The number of carbonyl (C=O) groups excluding carboxylic acids is 2. The summed E-state index contributed by atoms with van der Waals surface area (Å²) >= 11 is 6.55. The van der Waals surface area contributed by atoms with E-state index in [4.69, 9.17) is 21.1 Å². The van der Waals surface area contributed by atoms with Crippen LogP contribution in [0.2, 0.25) is 5.02 Å². The molecule has 3 aromatic carbocycles. The van der Waals surface area contributed by atoms with Crippen LogP contribution in [-0.2, 0) is 32.5 Å². The zero-order chi connectivity index (χ0) is 44.7. The number of carbonyl (C=O) groups is 2. The van der Waals surface area contributed by atoms with E-state index in [1.165, 1.54) is 37.2 Å². The zero-order valence-corrected chi connectivity index (χ0v) is 38.3. The normalized spacial score (nSPS) is 17.9. The molecule has 3 fully saturated rings. The molecule has 3 saturated heterocycles. The largest absolute Gasteiger partial charge is 0.497 e. The summed E-state index contributed by atoms with van der Waals surface area (Å²) in [4.78, 5) is 40.4. The number of benzene rings is 3. The Morgan fingerprint density at radius 3 is 2.33 bits per heavy atom. The van der Waals surface area contributed by atoms with Crippen molar-refractivity contribution >= 4 is 73.6 Å². The van der Waals surface area contributed by atoms with Crippen LogP contribution in [0.3, 0.4) is 0 Å². The van der Waals surface area contributed by atoms with E-state index in [2.05, 4.69) is 77.1 Å². The topological polar surface area (TPSA) is 174 Å². The number of halogens is 1. The number of ether oxygens (including phenoxy) is 2. The molecule has 0 radical (unpaired) electrons. The molecule has 4 heterocycles. The van der Waals surface area contributed by atoms with Crippen LogP contribution in [0.25, 0.3) is 0 Å². The van der Waals surface area contributed by atoms with Crippen LogP contribution in [0.15, 0.2) is 60.8 Å². The highest BCUT2D eigenvalue weighted by Gasteiger charge is 2.29. The number of aryl methyl sites for hydroxylation is 2. The van der Waals surface area contributed by atoms with Crippen molar-refractivity contribution in [2.24, 2.45) is 0 Å². The molecule has 1 atom stereocenters. The van der Waals surface area contributed by atoms with Gasteiger partial charge >= 0.3 is 0 Å². The van der Waals surface area contributed by atoms with Gasteiger partial charge in [-0.15, -0.1) is 0 Å². The van der Waals surface area contributed by atoms with Crippen molar-refractivity contribution in [3.05, 3.63) is 76.9 Å². The van der Waals surface area contributed by atoms with Gasteiger partial charge in [-0.25, -0.2) is 13.4 Å². The van der Waals surface area contributed by atoms with Crippen molar-refractivity contribution in [2.45, 2.75) is 64.0 Å². The number of nitrogens with one attached hydrogen (secondary N) is 4. The third kappa shape index (κ3) is 11.4. The van der Waals surface area contributed by atoms with Gasteiger partial charge in [0.25, 0.3) is 0 Å². The van der Waals surface area contributed by atoms with Gasteiger partial charge in [0, 0.05) is 82.3 Å². The van der Waals surface area contributed by atoms with Crippen molar-refractivity contribution < 1.29 is 27.5 Å². The third-order valence-corrected chi connectivity index (χ3v) is 13.7. The summed E-state index contributed by atoms with van der Waals surface area (Å²) in [6.45, 7) is 9.50. The molecule has 7 rings (SSSR count). The number of hydrogen-bond acceptors (Lipinski definition) is 14. The van der Waals surface area contributed by atoms with Gasteiger partial charge in [-0.2, -0.15) is 4.98 Å². The van der Waals surface area contributed by atoms with Crippen molar-refractivity contribution in [1.29, 1.82) is 0 Å². The number of anilines is 7. The first-order valence-corrected chi connectivity index (χ1v) is 23.8. The van der Waals surface area contributed by atoms with E-state index < -0.39 is 10.0 Å². The summed E-state index contributed by atoms with van der Waals surface area (Å²) < 4.78 is 37.3. The van der Waals surface area contributed by atoms with Gasteiger partial charge < -0.3 is 35.2 Å². The second kappa shape index (κ2) is 20.4. The molecule has 1 aromatic heterocycles.